The van der Waals surface area contributed by atoms with E-state index in [0.717, 1.165) is 32.1 Å². The molecule has 34 heavy (non-hydrogen) atoms. The van der Waals surface area contributed by atoms with E-state index in [2.05, 4.69) is 12.0 Å². The van der Waals surface area contributed by atoms with Crippen LogP contribution in [0.5, 0.6) is 0 Å². The molecule has 2 amide bonds. The second-order valence-corrected chi connectivity index (χ2v) is 10.2. The molecule has 0 radical (unpaired) electrons. The van der Waals surface area contributed by atoms with E-state index in [1.54, 1.807) is 24.1 Å². The molecule has 1 aromatic heterocycles. The van der Waals surface area contributed by atoms with Crippen LogP contribution in [0.15, 0.2) is 29.1 Å². The number of hydrogen-bond acceptors (Lipinski definition) is 5. The highest BCUT2D eigenvalue weighted by Gasteiger charge is 2.29. The van der Waals surface area contributed by atoms with Gasteiger partial charge in [-0.25, -0.2) is 9.48 Å². The second-order valence-electron chi connectivity index (χ2n) is 10.2. The van der Waals surface area contributed by atoms with Gasteiger partial charge >= 0.3 is 6.09 Å². The Hall–Kier alpha value is -2.90. The molecule has 1 aliphatic heterocycles. The highest BCUT2D eigenvalue weighted by molar-refractivity contribution is 6.04. The van der Waals surface area contributed by atoms with E-state index in [-0.39, 0.29) is 23.5 Å². The Morgan fingerprint density at radius 1 is 1.18 bits per heavy atom. The number of unbranched alkanes of at least 4 members (excludes halogenated alkanes) is 2. The number of piperidine rings is 1. The van der Waals surface area contributed by atoms with Crippen molar-refractivity contribution in [3.05, 3.63) is 40.3 Å². The van der Waals surface area contributed by atoms with Crippen LogP contribution in [0.2, 0.25) is 0 Å². The molecular formula is C26H38N4O4. The summed E-state index contributed by atoms with van der Waals surface area (Å²) in [6.45, 7) is 9.84. The number of aryl methyl sites for hydroxylation is 1. The van der Waals surface area contributed by atoms with Crippen LogP contribution >= 0.6 is 0 Å². The van der Waals surface area contributed by atoms with Crippen LogP contribution in [0.1, 0.15) is 70.3 Å². The van der Waals surface area contributed by atoms with Crippen molar-refractivity contribution in [2.75, 3.05) is 26.7 Å². The summed E-state index contributed by atoms with van der Waals surface area (Å²) in [4.78, 5) is 42.3. The summed E-state index contributed by atoms with van der Waals surface area (Å²) in [5.74, 6) is -0.0120. The Labute approximate surface area is 201 Å². The molecule has 0 saturated carbocycles. The van der Waals surface area contributed by atoms with Gasteiger partial charge in [-0.1, -0.05) is 38.0 Å². The van der Waals surface area contributed by atoms with Gasteiger partial charge in [-0.3, -0.25) is 9.59 Å². The molecule has 2 heterocycles. The normalized spacial score (nSPS) is 16.5. The zero-order valence-electron chi connectivity index (χ0n) is 21.2. The van der Waals surface area contributed by atoms with Gasteiger partial charge in [0, 0.05) is 38.6 Å². The number of rotatable bonds is 7. The molecule has 0 bridgehead atoms. The lowest BCUT2D eigenvalue weighted by atomic mass is 9.97. The molecule has 1 aromatic carbocycles. The number of carbonyl (C=O) groups excluding carboxylic acids is 2. The number of nitrogens with zero attached hydrogens (tertiary/aromatic N) is 4. The summed E-state index contributed by atoms with van der Waals surface area (Å²) in [5, 5.41) is 5.65. The highest BCUT2D eigenvalue weighted by Crippen LogP contribution is 2.22. The molecule has 8 nitrogen and oxygen atoms in total. The predicted molar refractivity (Wildman–Crippen MR) is 133 cm³/mol. The zero-order chi connectivity index (χ0) is 24.9. The first-order chi connectivity index (χ1) is 16.1. The second kappa shape index (κ2) is 11.0. The SMILES string of the molecule is CCCCCn1nc(C(=O)N2CCCC(CN(C)C(=O)OC(C)(C)C)C2)c2ccccc2c1=O. The molecule has 1 fully saturated rings. The van der Waals surface area contributed by atoms with Crippen molar-refractivity contribution < 1.29 is 14.3 Å². The third-order valence-electron chi connectivity index (χ3n) is 6.09. The van der Waals surface area contributed by atoms with Gasteiger partial charge in [0.05, 0.1) is 5.39 Å². The van der Waals surface area contributed by atoms with Crippen molar-refractivity contribution in [1.82, 2.24) is 19.6 Å². The maximum absolute atomic E-state index is 13.6. The Morgan fingerprint density at radius 3 is 2.56 bits per heavy atom. The number of ether oxygens (including phenoxy) is 1. The molecule has 1 aliphatic rings. The zero-order valence-corrected chi connectivity index (χ0v) is 21.2. The van der Waals surface area contributed by atoms with Crippen LogP contribution in [-0.4, -0.2) is 63.9 Å². The fourth-order valence-electron chi connectivity index (χ4n) is 4.41. The summed E-state index contributed by atoms with van der Waals surface area (Å²) in [5.41, 5.74) is -0.376. The number of amides is 2. The van der Waals surface area contributed by atoms with E-state index in [9.17, 15) is 14.4 Å². The summed E-state index contributed by atoms with van der Waals surface area (Å²) in [6.07, 6.45) is 4.32. The highest BCUT2D eigenvalue weighted by atomic mass is 16.6. The average Bonchev–Trinajstić information content (AvgIpc) is 2.79. The van der Waals surface area contributed by atoms with E-state index in [1.807, 2.05) is 37.8 Å². The van der Waals surface area contributed by atoms with E-state index in [1.165, 1.54) is 4.68 Å². The largest absolute Gasteiger partial charge is 0.444 e. The lowest BCUT2D eigenvalue weighted by molar-refractivity contribution is 0.0244. The Balaban J connectivity index is 1.79. The molecule has 0 aliphatic carbocycles. The summed E-state index contributed by atoms with van der Waals surface area (Å²) in [6, 6.07) is 7.21. The van der Waals surface area contributed by atoms with Crippen molar-refractivity contribution in [2.45, 2.75) is 71.9 Å². The minimum absolute atomic E-state index is 0.150. The van der Waals surface area contributed by atoms with E-state index < -0.39 is 5.60 Å². The van der Waals surface area contributed by atoms with Gasteiger partial charge in [0.25, 0.3) is 11.5 Å². The van der Waals surface area contributed by atoms with Crippen molar-refractivity contribution in [1.29, 1.82) is 0 Å². The predicted octanol–water partition coefficient (Wildman–Crippen LogP) is 4.31. The minimum Gasteiger partial charge on any atom is -0.444 e. The monoisotopic (exact) mass is 470 g/mol. The first-order valence-electron chi connectivity index (χ1n) is 12.3. The molecule has 8 heteroatoms. The quantitative estimate of drug-likeness (QED) is 0.563. The van der Waals surface area contributed by atoms with E-state index >= 15 is 0 Å². The van der Waals surface area contributed by atoms with E-state index in [4.69, 9.17) is 4.74 Å². The third-order valence-corrected chi connectivity index (χ3v) is 6.09. The van der Waals surface area contributed by atoms with Crippen LogP contribution in [-0.2, 0) is 11.3 Å². The molecule has 1 unspecified atom stereocenters. The van der Waals surface area contributed by atoms with Crippen molar-refractivity contribution in [2.24, 2.45) is 5.92 Å². The Morgan fingerprint density at radius 2 is 1.88 bits per heavy atom. The maximum Gasteiger partial charge on any atom is 0.410 e. The molecule has 0 spiro atoms. The standard InChI is InChI=1S/C26H38N4O4/c1-6-7-10-16-30-23(31)21-14-9-8-13-20(21)22(27-30)24(32)29-15-11-12-19(18-29)17-28(5)25(33)34-26(2,3)4/h8-9,13-14,19H,6-7,10-12,15-18H2,1-5H3. The Kier molecular flexibility index (Phi) is 8.33. The maximum atomic E-state index is 13.6. The van der Waals surface area contributed by atoms with Gasteiger partial charge in [-0.15, -0.1) is 0 Å². The molecular weight excluding hydrogens is 432 g/mol. The van der Waals surface area contributed by atoms with Gasteiger partial charge in [0.2, 0.25) is 0 Å². The molecule has 3 rings (SSSR count). The lowest BCUT2D eigenvalue weighted by Crippen LogP contribution is -2.45. The fourth-order valence-corrected chi connectivity index (χ4v) is 4.41. The molecule has 1 atom stereocenters. The van der Waals surface area contributed by atoms with Gasteiger partial charge < -0.3 is 14.5 Å². The summed E-state index contributed by atoms with van der Waals surface area (Å²) >= 11 is 0. The minimum atomic E-state index is -0.549. The number of fused-ring (bicyclic) bond motifs is 1. The van der Waals surface area contributed by atoms with Gasteiger partial charge in [-0.05, 0) is 52.0 Å². The van der Waals surface area contributed by atoms with Crippen LogP contribution < -0.4 is 5.56 Å². The molecule has 186 valence electrons. The number of hydrogen-bond donors (Lipinski definition) is 0. The molecule has 2 aromatic rings. The van der Waals surface area contributed by atoms with Crippen molar-refractivity contribution in [3.8, 4) is 0 Å². The Bertz CT molecular complexity index is 1070. The van der Waals surface area contributed by atoms with E-state index in [0.29, 0.717) is 42.6 Å². The average molecular weight is 471 g/mol. The smallest absolute Gasteiger partial charge is 0.410 e. The third kappa shape index (κ3) is 6.36. The first kappa shape index (κ1) is 25.7. The van der Waals surface area contributed by atoms with Gasteiger partial charge in [0.15, 0.2) is 5.69 Å². The van der Waals surface area contributed by atoms with Crippen LogP contribution in [0.3, 0.4) is 0 Å². The summed E-state index contributed by atoms with van der Waals surface area (Å²) < 4.78 is 6.91. The number of likely N-dealkylation sites (tertiary alicyclic amines) is 1. The molecule has 1 saturated heterocycles. The topological polar surface area (TPSA) is 84.7 Å². The van der Waals surface area contributed by atoms with Crippen LogP contribution in [0.25, 0.3) is 10.8 Å². The number of carbonyl (C=O) groups is 2. The van der Waals surface area contributed by atoms with Crippen LogP contribution in [0.4, 0.5) is 4.79 Å². The summed E-state index contributed by atoms with van der Waals surface area (Å²) in [7, 11) is 1.73. The van der Waals surface area contributed by atoms with Crippen molar-refractivity contribution in [3.63, 3.8) is 0 Å². The van der Waals surface area contributed by atoms with Crippen LogP contribution in [0, 0.1) is 5.92 Å². The van der Waals surface area contributed by atoms with Crippen molar-refractivity contribution >= 4 is 22.8 Å². The number of aromatic nitrogens is 2. The van der Waals surface area contributed by atoms with Gasteiger partial charge in [-0.2, -0.15) is 5.10 Å². The fraction of sp³-hybridized carbons (Fsp3) is 0.615. The van der Waals surface area contributed by atoms with Gasteiger partial charge in [0.1, 0.15) is 5.60 Å². The first-order valence-corrected chi connectivity index (χ1v) is 12.3. The molecule has 0 N–H and O–H groups in total. The number of benzene rings is 1. The lowest BCUT2D eigenvalue weighted by Gasteiger charge is -2.35.